The van der Waals surface area contributed by atoms with Crippen LogP contribution in [-0.2, 0) is 5.41 Å². The Balaban J connectivity index is 3.05. The predicted octanol–water partition coefficient (Wildman–Crippen LogP) is 3.06. The Morgan fingerprint density at radius 2 is 1.81 bits per heavy atom. The number of pyridine rings is 1. The molecule has 16 heavy (non-hydrogen) atoms. The number of aryl methyl sites for hydroxylation is 1. The Bertz CT molecular complexity index is 336. The SMILES string of the molecule is CCNC(C)(C)C(C)(C)c1ccc(C)nc1. The Morgan fingerprint density at radius 3 is 2.25 bits per heavy atom. The lowest BCUT2D eigenvalue weighted by Gasteiger charge is -2.42. The van der Waals surface area contributed by atoms with Gasteiger partial charge in [0.1, 0.15) is 0 Å². The van der Waals surface area contributed by atoms with Gasteiger partial charge in [0.15, 0.2) is 0 Å². The Hall–Kier alpha value is -0.890. The van der Waals surface area contributed by atoms with Gasteiger partial charge >= 0.3 is 0 Å². The van der Waals surface area contributed by atoms with Gasteiger partial charge in [-0.2, -0.15) is 0 Å². The molecule has 2 heteroatoms. The van der Waals surface area contributed by atoms with E-state index in [2.05, 4.69) is 57.1 Å². The molecule has 0 saturated carbocycles. The van der Waals surface area contributed by atoms with Crippen LogP contribution in [0.3, 0.4) is 0 Å². The van der Waals surface area contributed by atoms with Crippen molar-refractivity contribution in [1.82, 2.24) is 10.3 Å². The van der Waals surface area contributed by atoms with E-state index in [0.29, 0.717) is 0 Å². The lowest BCUT2D eigenvalue weighted by atomic mass is 9.70. The number of nitrogens with one attached hydrogen (secondary N) is 1. The van der Waals surface area contributed by atoms with E-state index in [1.807, 2.05) is 13.1 Å². The molecule has 1 aromatic rings. The first-order valence-corrected chi connectivity index (χ1v) is 5.99. The van der Waals surface area contributed by atoms with Crippen molar-refractivity contribution in [3.05, 3.63) is 29.6 Å². The average Bonchev–Trinajstić information content (AvgIpc) is 2.18. The van der Waals surface area contributed by atoms with Crippen LogP contribution in [0.1, 0.15) is 45.9 Å². The smallest absolute Gasteiger partial charge is 0.0372 e. The van der Waals surface area contributed by atoms with E-state index in [0.717, 1.165) is 12.2 Å². The minimum atomic E-state index is 0.0543. The number of likely N-dealkylation sites (N-methyl/N-ethyl adjacent to an activating group) is 1. The van der Waals surface area contributed by atoms with Crippen molar-refractivity contribution in [2.24, 2.45) is 0 Å². The molecule has 0 aliphatic rings. The third-order valence-electron chi connectivity index (χ3n) is 3.81. The van der Waals surface area contributed by atoms with Crippen LogP contribution in [0.25, 0.3) is 0 Å². The molecule has 1 aromatic heterocycles. The minimum absolute atomic E-state index is 0.0543. The van der Waals surface area contributed by atoms with Crippen LogP contribution >= 0.6 is 0 Å². The van der Waals surface area contributed by atoms with Crippen molar-refractivity contribution in [3.63, 3.8) is 0 Å². The summed E-state index contributed by atoms with van der Waals surface area (Å²) in [4.78, 5) is 4.39. The minimum Gasteiger partial charge on any atom is -0.311 e. The number of rotatable bonds is 4. The van der Waals surface area contributed by atoms with Crippen LogP contribution in [0.2, 0.25) is 0 Å². The van der Waals surface area contributed by atoms with Crippen LogP contribution in [0.5, 0.6) is 0 Å². The quantitative estimate of drug-likeness (QED) is 0.843. The molecular formula is C14H24N2. The molecule has 0 aromatic carbocycles. The maximum absolute atomic E-state index is 4.39. The molecule has 0 aliphatic carbocycles. The highest BCUT2D eigenvalue weighted by molar-refractivity contribution is 5.26. The molecule has 0 spiro atoms. The fourth-order valence-corrected chi connectivity index (χ4v) is 1.86. The van der Waals surface area contributed by atoms with Gasteiger partial charge in [-0.15, -0.1) is 0 Å². The number of hydrogen-bond acceptors (Lipinski definition) is 2. The molecule has 1 N–H and O–H groups in total. The number of aromatic nitrogens is 1. The predicted molar refractivity (Wildman–Crippen MR) is 69.8 cm³/mol. The Labute approximate surface area is 99.5 Å². The first-order chi connectivity index (χ1) is 7.31. The van der Waals surface area contributed by atoms with Crippen LogP contribution in [0, 0.1) is 6.92 Å². The fraction of sp³-hybridized carbons (Fsp3) is 0.643. The summed E-state index contributed by atoms with van der Waals surface area (Å²) < 4.78 is 0. The number of nitrogens with zero attached hydrogens (tertiary/aromatic N) is 1. The van der Waals surface area contributed by atoms with Crippen molar-refractivity contribution in [2.45, 2.75) is 52.5 Å². The summed E-state index contributed by atoms with van der Waals surface area (Å²) in [6, 6.07) is 4.26. The van der Waals surface area contributed by atoms with Gasteiger partial charge < -0.3 is 5.32 Å². The fourth-order valence-electron chi connectivity index (χ4n) is 1.86. The van der Waals surface area contributed by atoms with Crippen molar-refractivity contribution >= 4 is 0 Å². The highest BCUT2D eigenvalue weighted by Crippen LogP contribution is 2.34. The zero-order valence-electron chi connectivity index (χ0n) is 11.4. The van der Waals surface area contributed by atoms with E-state index in [4.69, 9.17) is 0 Å². The summed E-state index contributed by atoms with van der Waals surface area (Å²) in [5.74, 6) is 0. The van der Waals surface area contributed by atoms with Crippen LogP contribution in [0.15, 0.2) is 18.3 Å². The third kappa shape index (κ3) is 2.43. The first kappa shape index (κ1) is 13.2. The molecule has 0 bridgehead atoms. The largest absolute Gasteiger partial charge is 0.311 e. The summed E-state index contributed by atoms with van der Waals surface area (Å²) >= 11 is 0. The maximum atomic E-state index is 4.39. The molecule has 0 fully saturated rings. The van der Waals surface area contributed by atoms with Crippen molar-refractivity contribution < 1.29 is 0 Å². The summed E-state index contributed by atoms with van der Waals surface area (Å²) in [7, 11) is 0. The Morgan fingerprint density at radius 1 is 1.19 bits per heavy atom. The van der Waals surface area contributed by atoms with Crippen LogP contribution in [0.4, 0.5) is 0 Å². The first-order valence-electron chi connectivity index (χ1n) is 5.99. The molecule has 90 valence electrons. The highest BCUT2D eigenvalue weighted by Gasteiger charge is 2.37. The lowest BCUT2D eigenvalue weighted by Crippen LogP contribution is -2.53. The average molecular weight is 220 g/mol. The summed E-state index contributed by atoms with van der Waals surface area (Å²) in [5, 5.41) is 3.55. The second-order valence-corrected chi connectivity index (χ2v) is 5.47. The summed E-state index contributed by atoms with van der Waals surface area (Å²) in [5.41, 5.74) is 2.47. The van der Waals surface area contributed by atoms with Gasteiger partial charge in [0, 0.05) is 22.8 Å². The van der Waals surface area contributed by atoms with E-state index in [9.17, 15) is 0 Å². The zero-order valence-corrected chi connectivity index (χ0v) is 11.4. The number of hydrogen-bond donors (Lipinski definition) is 1. The van der Waals surface area contributed by atoms with Gasteiger partial charge in [0.2, 0.25) is 0 Å². The van der Waals surface area contributed by atoms with E-state index >= 15 is 0 Å². The molecule has 0 radical (unpaired) electrons. The van der Waals surface area contributed by atoms with Crippen molar-refractivity contribution in [2.75, 3.05) is 6.54 Å². The monoisotopic (exact) mass is 220 g/mol. The topological polar surface area (TPSA) is 24.9 Å². The molecule has 2 nitrogen and oxygen atoms in total. The molecule has 0 saturated heterocycles. The standard InChI is InChI=1S/C14H24N2/c1-7-16-14(5,6)13(3,4)12-9-8-11(2)15-10-12/h8-10,16H,7H2,1-6H3. The second-order valence-electron chi connectivity index (χ2n) is 5.47. The normalized spacial score (nSPS) is 12.9. The molecular weight excluding hydrogens is 196 g/mol. The van der Waals surface area contributed by atoms with Crippen molar-refractivity contribution in [1.29, 1.82) is 0 Å². The van der Waals surface area contributed by atoms with Crippen LogP contribution < -0.4 is 5.32 Å². The van der Waals surface area contributed by atoms with E-state index < -0.39 is 0 Å². The molecule has 0 atom stereocenters. The Kier molecular flexibility index (Phi) is 3.74. The van der Waals surface area contributed by atoms with Gasteiger partial charge in [-0.25, -0.2) is 0 Å². The lowest BCUT2D eigenvalue weighted by molar-refractivity contribution is 0.242. The maximum Gasteiger partial charge on any atom is 0.0372 e. The summed E-state index contributed by atoms with van der Waals surface area (Å²) in [6.45, 7) is 14.2. The van der Waals surface area contributed by atoms with Gasteiger partial charge in [0.05, 0.1) is 0 Å². The highest BCUT2D eigenvalue weighted by atomic mass is 15.0. The van der Waals surface area contributed by atoms with E-state index in [1.54, 1.807) is 0 Å². The zero-order chi connectivity index (χ0) is 12.4. The van der Waals surface area contributed by atoms with Gasteiger partial charge in [-0.05, 0) is 38.9 Å². The molecule has 0 amide bonds. The van der Waals surface area contributed by atoms with E-state index in [1.165, 1.54) is 5.56 Å². The van der Waals surface area contributed by atoms with Gasteiger partial charge in [-0.3, -0.25) is 4.98 Å². The van der Waals surface area contributed by atoms with Gasteiger partial charge in [0.25, 0.3) is 0 Å². The molecule has 0 aliphatic heterocycles. The van der Waals surface area contributed by atoms with Crippen molar-refractivity contribution in [3.8, 4) is 0 Å². The molecule has 1 rings (SSSR count). The second kappa shape index (κ2) is 4.54. The van der Waals surface area contributed by atoms with E-state index in [-0.39, 0.29) is 11.0 Å². The molecule has 1 heterocycles. The van der Waals surface area contributed by atoms with Crippen LogP contribution in [-0.4, -0.2) is 17.1 Å². The molecule has 0 unspecified atom stereocenters. The summed E-state index contributed by atoms with van der Waals surface area (Å²) in [6.07, 6.45) is 1.99. The third-order valence-corrected chi connectivity index (χ3v) is 3.81. The van der Waals surface area contributed by atoms with Gasteiger partial charge in [-0.1, -0.05) is 26.8 Å².